The predicted molar refractivity (Wildman–Crippen MR) is 104 cm³/mol. The highest BCUT2D eigenvalue weighted by molar-refractivity contribution is 5.97. The molecule has 1 unspecified atom stereocenters. The molecule has 0 aromatic heterocycles. The van der Waals surface area contributed by atoms with E-state index in [1.807, 2.05) is 31.2 Å². The van der Waals surface area contributed by atoms with Crippen LogP contribution in [0.1, 0.15) is 24.5 Å². The van der Waals surface area contributed by atoms with E-state index in [2.05, 4.69) is 10.6 Å². The van der Waals surface area contributed by atoms with Crippen molar-refractivity contribution < 1.29 is 14.4 Å². The number of hydrogen-bond donors (Lipinski definition) is 2. The van der Waals surface area contributed by atoms with Crippen molar-refractivity contribution in [1.82, 2.24) is 4.90 Å². The third-order valence-corrected chi connectivity index (χ3v) is 4.55. The quantitative estimate of drug-likeness (QED) is 0.855. The molecule has 6 heteroatoms. The number of rotatable bonds is 5. The summed E-state index contributed by atoms with van der Waals surface area (Å²) in [7, 11) is 0. The van der Waals surface area contributed by atoms with Crippen molar-refractivity contribution in [3.8, 4) is 0 Å². The van der Waals surface area contributed by atoms with Crippen molar-refractivity contribution in [1.29, 1.82) is 0 Å². The Balaban J connectivity index is 1.57. The number of nitrogens with zero attached hydrogens (tertiary/aromatic N) is 1. The van der Waals surface area contributed by atoms with E-state index in [9.17, 15) is 14.4 Å². The van der Waals surface area contributed by atoms with Gasteiger partial charge >= 0.3 is 0 Å². The van der Waals surface area contributed by atoms with Crippen molar-refractivity contribution in [2.75, 3.05) is 17.2 Å². The molecule has 6 nitrogen and oxygen atoms in total. The maximum atomic E-state index is 12.5. The van der Waals surface area contributed by atoms with Gasteiger partial charge in [-0.15, -0.1) is 0 Å². The number of aryl methyl sites for hydroxylation is 1. The van der Waals surface area contributed by atoms with Gasteiger partial charge in [0.25, 0.3) is 0 Å². The Morgan fingerprint density at radius 2 is 1.59 bits per heavy atom. The van der Waals surface area contributed by atoms with E-state index >= 15 is 0 Å². The van der Waals surface area contributed by atoms with E-state index in [-0.39, 0.29) is 30.1 Å². The minimum atomic E-state index is -0.363. The number of likely N-dealkylation sites (tertiary alicyclic amines) is 1. The molecule has 1 fully saturated rings. The van der Waals surface area contributed by atoms with Crippen molar-refractivity contribution in [2.24, 2.45) is 5.92 Å². The molecular weight excluding hydrogens is 342 g/mol. The first kappa shape index (κ1) is 18.6. The second kappa shape index (κ2) is 8.03. The van der Waals surface area contributed by atoms with E-state index in [1.54, 1.807) is 29.2 Å². The van der Waals surface area contributed by atoms with Gasteiger partial charge in [-0.3, -0.25) is 14.4 Å². The van der Waals surface area contributed by atoms with Crippen LogP contribution in [0.5, 0.6) is 0 Å². The van der Waals surface area contributed by atoms with Crippen LogP contribution in [-0.4, -0.2) is 29.2 Å². The summed E-state index contributed by atoms with van der Waals surface area (Å²) in [6, 6.07) is 14.9. The first-order valence-electron chi connectivity index (χ1n) is 8.92. The summed E-state index contributed by atoms with van der Waals surface area (Å²) in [6.45, 7) is 4.40. The van der Waals surface area contributed by atoms with Gasteiger partial charge in [-0.25, -0.2) is 0 Å². The van der Waals surface area contributed by atoms with Gasteiger partial charge in [0.2, 0.25) is 17.7 Å². The van der Waals surface area contributed by atoms with Gasteiger partial charge in [0.05, 0.1) is 5.92 Å². The minimum Gasteiger partial charge on any atom is -0.338 e. The summed E-state index contributed by atoms with van der Waals surface area (Å²) in [5, 5.41) is 5.52. The molecule has 2 N–H and O–H groups in total. The number of nitrogens with one attached hydrogen (secondary N) is 2. The van der Waals surface area contributed by atoms with Gasteiger partial charge < -0.3 is 15.5 Å². The lowest BCUT2D eigenvalue weighted by Gasteiger charge is -2.17. The van der Waals surface area contributed by atoms with Crippen molar-refractivity contribution in [2.45, 2.75) is 26.8 Å². The lowest BCUT2D eigenvalue weighted by Crippen LogP contribution is -2.28. The Bertz CT molecular complexity index is 844. The Morgan fingerprint density at radius 3 is 2.19 bits per heavy atom. The van der Waals surface area contributed by atoms with E-state index < -0.39 is 0 Å². The van der Waals surface area contributed by atoms with Gasteiger partial charge in [0.1, 0.15) is 0 Å². The van der Waals surface area contributed by atoms with Gasteiger partial charge in [0, 0.05) is 37.8 Å². The highest BCUT2D eigenvalue weighted by atomic mass is 16.2. The van der Waals surface area contributed by atoms with Gasteiger partial charge in [-0.2, -0.15) is 0 Å². The van der Waals surface area contributed by atoms with E-state index in [0.717, 1.165) is 5.56 Å². The molecule has 0 saturated carbocycles. The molecule has 2 aromatic rings. The Labute approximate surface area is 158 Å². The van der Waals surface area contributed by atoms with Crippen LogP contribution in [0, 0.1) is 12.8 Å². The maximum absolute atomic E-state index is 12.5. The fourth-order valence-corrected chi connectivity index (χ4v) is 3.10. The maximum Gasteiger partial charge on any atom is 0.229 e. The topological polar surface area (TPSA) is 78.5 Å². The first-order chi connectivity index (χ1) is 12.9. The van der Waals surface area contributed by atoms with Crippen molar-refractivity contribution in [3.63, 3.8) is 0 Å². The van der Waals surface area contributed by atoms with Crippen molar-refractivity contribution >= 4 is 29.1 Å². The highest BCUT2D eigenvalue weighted by Crippen LogP contribution is 2.22. The third-order valence-electron chi connectivity index (χ3n) is 4.55. The zero-order valence-electron chi connectivity index (χ0n) is 15.5. The number of hydrogen-bond acceptors (Lipinski definition) is 3. The Kier molecular flexibility index (Phi) is 5.54. The number of anilines is 2. The molecule has 1 heterocycles. The molecule has 1 saturated heterocycles. The first-order valence-corrected chi connectivity index (χ1v) is 8.92. The normalized spacial score (nSPS) is 16.3. The molecule has 0 bridgehead atoms. The zero-order valence-corrected chi connectivity index (χ0v) is 15.5. The van der Waals surface area contributed by atoms with Crippen LogP contribution < -0.4 is 10.6 Å². The average Bonchev–Trinajstić information content (AvgIpc) is 2.99. The molecular formula is C21H23N3O3. The van der Waals surface area contributed by atoms with Crippen molar-refractivity contribution in [3.05, 3.63) is 59.7 Å². The summed E-state index contributed by atoms with van der Waals surface area (Å²) in [5.41, 5.74) is 3.54. The third kappa shape index (κ3) is 4.94. The van der Waals surface area contributed by atoms with Crippen LogP contribution >= 0.6 is 0 Å². The largest absolute Gasteiger partial charge is 0.338 e. The van der Waals surface area contributed by atoms with E-state index in [4.69, 9.17) is 0 Å². The lowest BCUT2D eigenvalue weighted by atomic mass is 10.1. The van der Waals surface area contributed by atoms with Crippen LogP contribution in [0.25, 0.3) is 0 Å². The standard InChI is InChI=1S/C21H23N3O3/c1-14-3-5-16(6-4-14)12-24-13-17(11-20(24)26)21(27)23-19-9-7-18(8-10-19)22-15(2)25/h3-10,17H,11-13H2,1-2H3,(H,22,25)(H,23,27). The summed E-state index contributed by atoms with van der Waals surface area (Å²) in [5.74, 6) is -0.679. The molecule has 0 spiro atoms. The number of amides is 3. The SMILES string of the molecule is CC(=O)Nc1ccc(NC(=O)C2CC(=O)N(Cc3ccc(C)cc3)C2)cc1. The smallest absolute Gasteiger partial charge is 0.229 e. The molecule has 140 valence electrons. The summed E-state index contributed by atoms with van der Waals surface area (Å²) in [6.07, 6.45) is 0.224. The molecule has 3 rings (SSSR count). The Morgan fingerprint density at radius 1 is 1.00 bits per heavy atom. The van der Waals surface area contributed by atoms with Gasteiger partial charge in [-0.1, -0.05) is 29.8 Å². The Hall–Kier alpha value is -3.15. The van der Waals surface area contributed by atoms with E-state index in [1.165, 1.54) is 12.5 Å². The van der Waals surface area contributed by atoms with Crippen LogP contribution in [0.2, 0.25) is 0 Å². The molecule has 1 atom stereocenters. The second-order valence-corrected chi connectivity index (χ2v) is 6.91. The average molecular weight is 365 g/mol. The molecule has 2 aromatic carbocycles. The molecule has 1 aliphatic heterocycles. The second-order valence-electron chi connectivity index (χ2n) is 6.91. The highest BCUT2D eigenvalue weighted by Gasteiger charge is 2.34. The van der Waals surface area contributed by atoms with Gasteiger partial charge in [0.15, 0.2) is 0 Å². The van der Waals surface area contributed by atoms with Gasteiger partial charge in [-0.05, 0) is 36.8 Å². The summed E-state index contributed by atoms with van der Waals surface area (Å²) < 4.78 is 0. The zero-order chi connectivity index (χ0) is 19.4. The van der Waals surface area contributed by atoms with E-state index in [0.29, 0.717) is 24.5 Å². The molecule has 0 radical (unpaired) electrons. The fourth-order valence-electron chi connectivity index (χ4n) is 3.10. The van der Waals surface area contributed by atoms with Crippen LogP contribution in [0.3, 0.4) is 0 Å². The summed E-state index contributed by atoms with van der Waals surface area (Å²) >= 11 is 0. The molecule has 3 amide bonds. The fraction of sp³-hybridized carbons (Fsp3) is 0.286. The number of carbonyl (C=O) groups is 3. The molecule has 27 heavy (non-hydrogen) atoms. The predicted octanol–water partition coefficient (Wildman–Crippen LogP) is 2.94. The summed E-state index contributed by atoms with van der Waals surface area (Å²) in [4.78, 5) is 37.5. The molecule has 0 aliphatic carbocycles. The van der Waals surface area contributed by atoms with Crippen LogP contribution in [0.15, 0.2) is 48.5 Å². The monoisotopic (exact) mass is 365 g/mol. The number of benzene rings is 2. The number of carbonyl (C=O) groups excluding carboxylic acids is 3. The lowest BCUT2D eigenvalue weighted by molar-refractivity contribution is -0.128. The van der Waals surface area contributed by atoms with Crippen LogP contribution in [-0.2, 0) is 20.9 Å². The van der Waals surface area contributed by atoms with Crippen LogP contribution in [0.4, 0.5) is 11.4 Å². The minimum absolute atomic E-state index is 0.00303. The molecule has 1 aliphatic rings.